The lowest BCUT2D eigenvalue weighted by Gasteiger charge is -2.30. The van der Waals surface area contributed by atoms with E-state index in [0.717, 1.165) is 0 Å². The second kappa shape index (κ2) is 5.87. The highest BCUT2D eigenvalue weighted by atomic mass is 32.2. The number of hydrogen-bond donors (Lipinski definition) is 1. The molecule has 1 atom stereocenters. The van der Waals surface area contributed by atoms with Crippen LogP contribution in [0.3, 0.4) is 0 Å². The van der Waals surface area contributed by atoms with Gasteiger partial charge in [-0.3, -0.25) is 9.59 Å². The number of amides is 2. The summed E-state index contributed by atoms with van der Waals surface area (Å²) in [6.45, 7) is 3.90. The van der Waals surface area contributed by atoms with E-state index in [2.05, 4.69) is 10.5 Å². The van der Waals surface area contributed by atoms with Gasteiger partial charge in [0.15, 0.2) is 15.7 Å². The molecule has 1 saturated carbocycles. The highest BCUT2D eigenvalue weighted by molar-refractivity contribution is 7.91. The third-order valence-electron chi connectivity index (χ3n) is 4.71. The standard InChI is InChI=1S/C15H21N3O5S/c1-3-18(11-4-7-24(21,22)9-11)14(20)15(5-6-15)13(19)16-12-8-10(2)23-17-12/h8,11H,3-7,9H2,1-2H3,(H,16,17,19). The molecule has 2 amide bonds. The van der Waals surface area contributed by atoms with Gasteiger partial charge in [0.05, 0.1) is 11.5 Å². The Kier molecular flexibility index (Phi) is 4.15. The van der Waals surface area contributed by atoms with E-state index in [1.165, 1.54) is 0 Å². The van der Waals surface area contributed by atoms with Crippen molar-refractivity contribution in [2.45, 2.75) is 39.2 Å². The number of aromatic nitrogens is 1. The second-order valence-corrected chi connectivity index (χ2v) is 8.74. The van der Waals surface area contributed by atoms with Crippen molar-refractivity contribution in [1.82, 2.24) is 10.1 Å². The summed E-state index contributed by atoms with van der Waals surface area (Å²) >= 11 is 0. The quantitative estimate of drug-likeness (QED) is 0.780. The molecule has 9 heteroatoms. The normalized spacial score (nSPS) is 23.7. The summed E-state index contributed by atoms with van der Waals surface area (Å²) in [7, 11) is -3.09. The van der Waals surface area contributed by atoms with E-state index in [0.29, 0.717) is 31.6 Å². The summed E-state index contributed by atoms with van der Waals surface area (Å²) in [6, 6.07) is 1.24. The molecule has 1 saturated heterocycles. The summed E-state index contributed by atoms with van der Waals surface area (Å²) < 4.78 is 28.3. The van der Waals surface area contributed by atoms with Gasteiger partial charge in [-0.1, -0.05) is 5.16 Å². The van der Waals surface area contributed by atoms with Crippen LogP contribution in [0.25, 0.3) is 0 Å². The zero-order valence-electron chi connectivity index (χ0n) is 13.7. The van der Waals surface area contributed by atoms with Crippen LogP contribution in [0.5, 0.6) is 0 Å². The van der Waals surface area contributed by atoms with Crippen molar-refractivity contribution in [1.29, 1.82) is 0 Å². The first-order valence-electron chi connectivity index (χ1n) is 8.04. The van der Waals surface area contributed by atoms with E-state index in [1.54, 1.807) is 24.8 Å². The van der Waals surface area contributed by atoms with Crippen molar-refractivity contribution in [3.63, 3.8) is 0 Å². The minimum absolute atomic E-state index is 0.0211. The summed E-state index contributed by atoms with van der Waals surface area (Å²) in [5, 5.41) is 6.33. The average Bonchev–Trinajstić information content (AvgIpc) is 3.13. The molecule has 1 aromatic heterocycles. The highest BCUT2D eigenvalue weighted by Crippen LogP contribution is 2.48. The van der Waals surface area contributed by atoms with E-state index in [9.17, 15) is 18.0 Å². The van der Waals surface area contributed by atoms with Gasteiger partial charge >= 0.3 is 0 Å². The number of nitrogens with one attached hydrogen (secondary N) is 1. The van der Waals surface area contributed by atoms with Crippen LogP contribution in [0, 0.1) is 12.3 Å². The van der Waals surface area contributed by atoms with Crippen LogP contribution in [-0.2, 0) is 19.4 Å². The minimum atomic E-state index is -3.09. The molecule has 1 unspecified atom stereocenters. The molecule has 2 fully saturated rings. The van der Waals surface area contributed by atoms with Gasteiger partial charge in [0.1, 0.15) is 11.2 Å². The smallest absolute Gasteiger partial charge is 0.241 e. The number of rotatable bonds is 5. The van der Waals surface area contributed by atoms with E-state index in [4.69, 9.17) is 4.52 Å². The molecule has 3 rings (SSSR count). The Morgan fingerprint density at radius 2 is 2.17 bits per heavy atom. The van der Waals surface area contributed by atoms with Crippen LogP contribution in [0.15, 0.2) is 10.6 Å². The van der Waals surface area contributed by atoms with Crippen LogP contribution in [0.4, 0.5) is 5.82 Å². The van der Waals surface area contributed by atoms with Gasteiger partial charge in [-0.15, -0.1) is 0 Å². The van der Waals surface area contributed by atoms with Crippen molar-refractivity contribution in [2.75, 3.05) is 23.4 Å². The number of carbonyl (C=O) groups is 2. The zero-order chi connectivity index (χ0) is 17.5. The largest absolute Gasteiger partial charge is 0.360 e. The third-order valence-corrected chi connectivity index (χ3v) is 6.46. The molecule has 132 valence electrons. The Morgan fingerprint density at radius 3 is 2.62 bits per heavy atom. The molecule has 0 radical (unpaired) electrons. The third kappa shape index (κ3) is 3.04. The van der Waals surface area contributed by atoms with Gasteiger partial charge in [-0.2, -0.15) is 0 Å². The summed E-state index contributed by atoms with van der Waals surface area (Å²) in [6.07, 6.45) is 1.36. The van der Waals surface area contributed by atoms with Gasteiger partial charge < -0.3 is 14.7 Å². The Labute approximate surface area is 140 Å². The van der Waals surface area contributed by atoms with E-state index in [1.807, 2.05) is 0 Å². The maximum absolute atomic E-state index is 12.9. The zero-order valence-corrected chi connectivity index (χ0v) is 14.6. The fourth-order valence-corrected chi connectivity index (χ4v) is 4.92. The first-order valence-corrected chi connectivity index (χ1v) is 9.86. The maximum Gasteiger partial charge on any atom is 0.241 e. The lowest BCUT2D eigenvalue weighted by Crippen LogP contribution is -2.48. The molecular formula is C15H21N3O5S. The monoisotopic (exact) mass is 355 g/mol. The number of sulfone groups is 1. The van der Waals surface area contributed by atoms with Crippen molar-refractivity contribution in [2.24, 2.45) is 5.41 Å². The molecule has 1 aromatic rings. The molecular weight excluding hydrogens is 334 g/mol. The molecule has 1 aliphatic heterocycles. The Bertz CT molecular complexity index is 766. The molecule has 2 aliphatic rings. The minimum Gasteiger partial charge on any atom is -0.360 e. The number of aryl methyl sites for hydroxylation is 1. The maximum atomic E-state index is 12.9. The SMILES string of the molecule is CCN(C(=O)C1(C(=O)Nc2cc(C)on2)CC1)C1CCS(=O)(=O)C1. The van der Waals surface area contributed by atoms with Crippen molar-refractivity contribution < 1.29 is 22.5 Å². The van der Waals surface area contributed by atoms with Crippen LogP contribution >= 0.6 is 0 Å². The predicted molar refractivity (Wildman–Crippen MR) is 86.0 cm³/mol. The predicted octanol–water partition coefficient (Wildman–Crippen LogP) is 0.737. The summed E-state index contributed by atoms with van der Waals surface area (Å²) in [4.78, 5) is 27.0. The second-order valence-electron chi connectivity index (χ2n) is 6.51. The van der Waals surface area contributed by atoms with E-state index in [-0.39, 0.29) is 29.3 Å². The van der Waals surface area contributed by atoms with Gasteiger partial charge in [-0.25, -0.2) is 8.42 Å². The molecule has 8 nitrogen and oxygen atoms in total. The lowest BCUT2D eigenvalue weighted by atomic mass is 10.0. The van der Waals surface area contributed by atoms with Crippen molar-refractivity contribution >= 4 is 27.5 Å². The van der Waals surface area contributed by atoms with Crippen molar-refractivity contribution in [3.8, 4) is 0 Å². The van der Waals surface area contributed by atoms with Gasteiger partial charge in [0.25, 0.3) is 0 Å². The Morgan fingerprint density at radius 1 is 1.46 bits per heavy atom. The molecule has 0 spiro atoms. The summed E-state index contributed by atoms with van der Waals surface area (Å²) in [5.41, 5.74) is -1.10. The van der Waals surface area contributed by atoms with E-state index < -0.39 is 21.2 Å². The topological polar surface area (TPSA) is 110 Å². The lowest BCUT2D eigenvalue weighted by molar-refractivity contribution is -0.143. The fourth-order valence-electron chi connectivity index (χ4n) is 3.19. The van der Waals surface area contributed by atoms with Crippen LogP contribution in [-0.4, -0.2) is 54.4 Å². The molecule has 2 heterocycles. The van der Waals surface area contributed by atoms with Crippen LogP contribution < -0.4 is 5.32 Å². The molecule has 1 N–H and O–H groups in total. The van der Waals surface area contributed by atoms with Gasteiger partial charge in [-0.05, 0) is 33.1 Å². The molecule has 24 heavy (non-hydrogen) atoms. The van der Waals surface area contributed by atoms with Crippen LogP contribution in [0.1, 0.15) is 31.9 Å². The highest BCUT2D eigenvalue weighted by Gasteiger charge is 2.59. The Hall–Kier alpha value is -1.90. The number of carbonyl (C=O) groups excluding carboxylic acids is 2. The average molecular weight is 355 g/mol. The first kappa shape index (κ1) is 16.9. The van der Waals surface area contributed by atoms with Gasteiger partial charge in [0, 0.05) is 18.7 Å². The number of anilines is 1. The Balaban J connectivity index is 1.73. The van der Waals surface area contributed by atoms with E-state index >= 15 is 0 Å². The first-order chi connectivity index (χ1) is 11.3. The van der Waals surface area contributed by atoms with Gasteiger partial charge in [0.2, 0.25) is 11.8 Å². The molecule has 0 bridgehead atoms. The van der Waals surface area contributed by atoms with Crippen molar-refractivity contribution in [3.05, 3.63) is 11.8 Å². The number of hydrogen-bond acceptors (Lipinski definition) is 6. The fraction of sp³-hybridized carbons (Fsp3) is 0.667. The molecule has 0 aromatic carbocycles. The number of nitrogens with zero attached hydrogens (tertiary/aromatic N) is 2. The van der Waals surface area contributed by atoms with Crippen LogP contribution in [0.2, 0.25) is 0 Å². The molecule has 1 aliphatic carbocycles. The summed E-state index contributed by atoms with van der Waals surface area (Å²) in [5.74, 6) is 0.229.